The van der Waals surface area contributed by atoms with E-state index in [0.29, 0.717) is 34.8 Å². The van der Waals surface area contributed by atoms with Gasteiger partial charge >= 0.3 is 6.09 Å². The molecule has 6 rings (SSSR count). The standard InChI is InChI=1S/C40H49ClN4O4/c1-38(2,3)49-37(47)44-20-16-30(17-21-44)43-18-14-26(15-19-43)8-9-27-10-13-32-29(22-27)25-45(34(32)46)35-39(4,5)36(40(35,6)7)48-31-12-11-28(24-42)33(41)23-31/h10-13,22-23,26,30,35-36H,14-21,25H2,1-7H3. The molecule has 4 aliphatic rings. The number of amides is 2. The predicted molar refractivity (Wildman–Crippen MR) is 190 cm³/mol. The summed E-state index contributed by atoms with van der Waals surface area (Å²) in [4.78, 5) is 32.6. The summed E-state index contributed by atoms with van der Waals surface area (Å²) < 4.78 is 12.0. The molecule has 2 amide bonds. The maximum atomic E-state index is 13.7. The highest BCUT2D eigenvalue weighted by Crippen LogP contribution is 2.59. The molecule has 0 atom stereocenters. The summed E-state index contributed by atoms with van der Waals surface area (Å²) in [5, 5.41) is 9.60. The molecule has 260 valence electrons. The zero-order chi connectivity index (χ0) is 35.3. The van der Waals surface area contributed by atoms with Crippen LogP contribution in [0.15, 0.2) is 36.4 Å². The topological polar surface area (TPSA) is 86.1 Å². The zero-order valence-electron chi connectivity index (χ0n) is 29.9. The van der Waals surface area contributed by atoms with Gasteiger partial charge in [-0.25, -0.2) is 4.79 Å². The largest absolute Gasteiger partial charge is 0.489 e. The molecule has 0 aromatic heterocycles. The van der Waals surface area contributed by atoms with Crippen LogP contribution in [0.25, 0.3) is 0 Å². The number of carbonyl (C=O) groups is 2. The Bertz CT molecular complexity index is 1700. The van der Waals surface area contributed by atoms with Crippen LogP contribution in [0.1, 0.15) is 101 Å². The third kappa shape index (κ3) is 7.01. The number of halogens is 1. The predicted octanol–water partition coefficient (Wildman–Crippen LogP) is 7.51. The van der Waals surface area contributed by atoms with Gasteiger partial charge in [0, 0.05) is 65.7 Å². The van der Waals surface area contributed by atoms with Gasteiger partial charge in [-0.15, -0.1) is 0 Å². The maximum absolute atomic E-state index is 13.7. The fourth-order valence-corrected chi connectivity index (χ4v) is 9.19. The van der Waals surface area contributed by atoms with Crippen molar-refractivity contribution in [2.45, 2.75) is 104 Å². The van der Waals surface area contributed by atoms with Crippen molar-refractivity contribution in [1.29, 1.82) is 5.26 Å². The first-order valence-corrected chi connectivity index (χ1v) is 18.0. The van der Waals surface area contributed by atoms with Crippen LogP contribution < -0.4 is 4.74 Å². The summed E-state index contributed by atoms with van der Waals surface area (Å²) in [5.41, 5.74) is 2.06. The van der Waals surface area contributed by atoms with Crippen molar-refractivity contribution < 1.29 is 19.1 Å². The molecule has 2 saturated heterocycles. The Morgan fingerprint density at radius 2 is 1.63 bits per heavy atom. The minimum atomic E-state index is -0.468. The SMILES string of the molecule is CC(C)(C)OC(=O)N1CCC(N2CCC(C#Cc3ccc4c(c3)CN(C3C(C)(C)C(Oc5ccc(C#N)c(Cl)c5)C3(C)C)C4=O)CC2)CC1. The van der Waals surface area contributed by atoms with E-state index >= 15 is 0 Å². The molecule has 3 fully saturated rings. The number of nitrogens with zero attached hydrogens (tertiary/aromatic N) is 4. The van der Waals surface area contributed by atoms with Crippen molar-refractivity contribution in [3.05, 3.63) is 63.7 Å². The third-order valence-electron chi connectivity index (χ3n) is 10.9. The zero-order valence-corrected chi connectivity index (χ0v) is 30.7. The van der Waals surface area contributed by atoms with Crippen LogP contribution in [0.2, 0.25) is 5.02 Å². The highest BCUT2D eigenvalue weighted by molar-refractivity contribution is 6.31. The lowest BCUT2D eigenvalue weighted by atomic mass is 9.49. The number of nitriles is 1. The normalized spacial score (nSPS) is 23.9. The van der Waals surface area contributed by atoms with E-state index in [-0.39, 0.29) is 35.0 Å². The van der Waals surface area contributed by atoms with Gasteiger partial charge in [0.25, 0.3) is 5.91 Å². The fraction of sp³-hybridized carbons (Fsp3) is 0.575. The van der Waals surface area contributed by atoms with E-state index < -0.39 is 5.60 Å². The highest BCUT2D eigenvalue weighted by Gasteiger charge is 2.67. The van der Waals surface area contributed by atoms with Crippen molar-refractivity contribution in [3.63, 3.8) is 0 Å². The second-order valence-electron chi connectivity index (χ2n) is 16.4. The number of ether oxygens (including phenoxy) is 2. The molecule has 49 heavy (non-hydrogen) atoms. The number of carbonyl (C=O) groups excluding carboxylic acids is 2. The molecular formula is C40H49ClN4O4. The summed E-state index contributed by atoms with van der Waals surface area (Å²) in [6.07, 6.45) is 3.69. The van der Waals surface area contributed by atoms with Gasteiger partial charge in [-0.05, 0) is 95.4 Å². The molecule has 2 aromatic carbocycles. The van der Waals surface area contributed by atoms with E-state index in [9.17, 15) is 14.9 Å². The molecule has 0 unspecified atom stereocenters. The van der Waals surface area contributed by atoms with E-state index in [0.717, 1.165) is 68.6 Å². The Hall–Kier alpha value is -3.72. The van der Waals surface area contributed by atoms with Crippen LogP contribution in [0.4, 0.5) is 4.79 Å². The summed E-state index contributed by atoms with van der Waals surface area (Å²) in [5.74, 6) is 8.01. The van der Waals surface area contributed by atoms with Gasteiger partial charge in [0.15, 0.2) is 0 Å². The van der Waals surface area contributed by atoms with Crippen LogP contribution in [0.5, 0.6) is 5.75 Å². The molecule has 0 bridgehead atoms. The molecule has 9 heteroatoms. The van der Waals surface area contributed by atoms with Crippen LogP contribution in [0, 0.1) is 39.9 Å². The first kappa shape index (κ1) is 35.1. The van der Waals surface area contributed by atoms with E-state index in [2.05, 4.69) is 56.6 Å². The minimum absolute atomic E-state index is 0.0250. The van der Waals surface area contributed by atoms with Crippen molar-refractivity contribution >= 4 is 23.6 Å². The second-order valence-corrected chi connectivity index (χ2v) is 16.8. The van der Waals surface area contributed by atoms with Gasteiger partial charge in [0.2, 0.25) is 0 Å². The Kier molecular flexibility index (Phi) is 9.46. The monoisotopic (exact) mass is 684 g/mol. The average molecular weight is 685 g/mol. The number of benzene rings is 2. The number of hydrogen-bond acceptors (Lipinski definition) is 6. The Morgan fingerprint density at radius 1 is 0.959 bits per heavy atom. The summed E-state index contributed by atoms with van der Waals surface area (Å²) in [6.45, 7) is 18.5. The molecule has 8 nitrogen and oxygen atoms in total. The first-order valence-electron chi connectivity index (χ1n) is 17.6. The Balaban J connectivity index is 1.03. The van der Waals surface area contributed by atoms with Gasteiger partial charge in [-0.3, -0.25) is 4.79 Å². The number of likely N-dealkylation sites (tertiary alicyclic amines) is 2. The minimum Gasteiger partial charge on any atom is -0.489 e. The highest BCUT2D eigenvalue weighted by atomic mass is 35.5. The Labute approximate surface area is 296 Å². The maximum Gasteiger partial charge on any atom is 0.410 e. The molecule has 0 radical (unpaired) electrons. The first-order chi connectivity index (χ1) is 23.1. The van der Waals surface area contributed by atoms with Crippen molar-refractivity contribution in [3.8, 4) is 23.7 Å². The molecule has 1 saturated carbocycles. The lowest BCUT2D eigenvalue weighted by molar-refractivity contribution is -0.199. The van der Waals surface area contributed by atoms with Crippen molar-refractivity contribution in [1.82, 2.24) is 14.7 Å². The number of hydrogen-bond donors (Lipinski definition) is 0. The van der Waals surface area contributed by atoms with Gasteiger partial charge in [-0.2, -0.15) is 5.26 Å². The smallest absolute Gasteiger partial charge is 0.410 e. The van der Waals surface area contributed by atoms with E-state index in [1.165, 1.54) is 0 Å². The quantitative estimate of drug-likeness (QED) is 0.310. The van der Waals surface area contributed by atoms with Gasteiger partial charge in [-0.1, -0.05) is 51.1 Å². The van der Waals surface area contributed by atoms with Crippen LogP contribution in [0.3, 0.4) is 0 Å². The summed E-state index contributed by atoms with van der Waals surface area (Å²) in [7, 11) is 0. The van der Waals surface area contributed by atoms with E-state index in [1.807, 2.05) is 42.7 Å². The number of rotatable bonds is 4. The number of piperidine rings is 2. The molecule has 0 spiro atoms. The van der Waals surface area contributed by atoms with Gasteiger partial charge in [0.05, 0.1) is 10.6 Å². The van der Waals surface area contributed by atoms with Crippen molar-refractivity contribution in [2.24, 2.45) is 16.7 Å². The van der Waals surface area contributed by atoms with Crippen LogP contribution in [-0.4, -0.2) is 76.7 Å². The molecule has 1 aliphatic carbocycles. The molecular weight excluding hydrogens is 636 g/mol. The van der Waals surface area contributed by atoms with Crippen LogP contribution >= 0.6 is 11.6 Å². The number of fused-ring (bicyclic) bond motifs is 1. The summed E-state index contributed by atoms with van der Waals surface area (Å²) >= 11 is 6.28. The molecule has 0 N–H and O–H groups in total. The lowest BCUT2D eigenvalue weighted by Gasteiger charge is -2.65. The van der Waals surface area contributed by atoms with Crippen LogP contribution in [-0.2, 0) is 11.3 Å². The van der Waals surface area contributed by atoms with E-state index in [1.54, 1.807) is 18.2 Å². The summed E-state index contributed by atoms with van der Waals surface area (Å²) in [6, 6.07) is 13.8. The van der Waals surface area contributed by atoms with Gasteiger partial charge < -0.3 is 24.2 Å². The average Bonchev–Trinajstić information content (AvgIpc) is 3.35. The molecule has 3 aliphatic heterocycles. The Morgan fingerprint density at radius 3 is 2.24 bits per heavy atom. The molecule has 2 aromatic rings. The second kappa shape index (κ2) is 13.2. The molecule has 3 heterocycles. The lowest BCUT2D eigenvalue weighted by Crippen LogP contribution is -2.74. The fourth-order valence-electron chi connectivity index (χ4n) is 8.97. The van der Waals surface area contributed by atoms with E-state index in [4.69, 9.17) is 21.1 Å². The van der Waals surface area contributed by atoms with Gasteiger partial charge in [0.1, 0.15) is 23.5 Å². The van der Waals surface area contributed by atoms with Crippen molar-refractivity contribution in [2.75, 3.05) is 26.2 Å². The third-order valence-corrected chi connectivity index (χ3v) is 11.2.